The van der Waals surface area contributed by atoms with Crippen molar-refractivity contribution in [3.63, 3.8) is 0 Å². The first-order valence-electron chi connectivity index (χ1n) is 8.14. The number of Topliss-reactive ketones (excluding diaryl/α,β-unsaturated/α-hetero) is 2. The second kappa shape index (κ2) is 8.67. The number of esters is 1. The van der Waals surface area contributed by atoms with Crippen LogP contribution in [-0.2, 0) is 9.53 Å². The molecule has 2 aromatic rings. The lowest BCUT2D eigenvalue weighted by Crippen LogP contribution is -2.24. The molecular formula is C20H21NO4S. The molecule has 0 aliphatic carbocycles. The molecule has 1 atom stereocenters. The number of aromatic amines is 1. The fraction of sp³-hybridized carbons (Fsp3) is 0.250. The van der Waals surface area contributed by atoms with Gasteiger partial charge in [-0.05, 0) is 50.8 Å². The zero-order valence-electron chi connectivity index (χ0n) is 15.2. The Morgan fingerprint density at radius 1 is 1.15 bits per heavy atom. The van der Waals surface area contributed by atoms with Crippen LogP contribution in [0.25, 0.3) is 0 Å². The molecule has 0 radical (unpaired) electrons. The van der Waals surface area contributed by atoms with Crippen molar-refractivity contribution in [3.8, 4) is 0 Å². The molecule has 0 fully saturated rings. The molecule has 2 rings (SSSR count). The van der Waals surface area contributed by atoms with Crippen molar-refractivity contribution in [2.24, 2.45) is 0 Å². The van der Waals surface area contributed by atoms with Gasteiger partial charge in [-0.1, -0.05) is 30.0 Å². The fourth-order valence-electron chi connectivity index (χ4n) is 2.66. The average molecular weight is 371 g/mol. The SMILES string of the molecule is CC(=O)c1c(C)[nH]c(C(=O)[C@@H](C)OC(=O)/C=C/Sc2ccccc2)c1C. The quantitative estimate of drug-likeness (QED) is 0.341. The Hall–Kier alpha value is -2.60. The van der Waals surface area contributed by atoms with Crippen molar-refractivity contribution in [1.29, 1.82) is 0 Å². The normalized spacial score (nSPS) is 12.2. The fourth-order valence-corrected chi connectivity index (χ4v) is 3.31. The Morgan fingerprint density at radius 2 is 1.81 bits per heavy atom. The van der Waals surface area contributed by atoms with E-state index >= 15 is 0 Å². The maximum absolute atomic E-state index is 12.5. The van der Waals surface area contributed by atoms with E-state index in [2.05, 4.69) is 4.98 Å². The molecule has 0 aliphatic rings. The number of aryl methyl sites for hydroxylation is 1. The summed E-state index contributed by atoms with van der Waals surface area (Å²) in [6.07, 6.45) is 0.334. The summed E-state index contributed by atoms with van der Waals surface area (Å²) in [7, 11) is 0. The van der Waals surface area contributed by atoms with Crippen molar-refractivity contribution >= 4 is 29.3 Å². The van der Waals surface area contributed by atoms with Crippen molar-refractivity contribution in [1.82, 2.24) is 4.98 Å². The zero-order chi connectivity index (χ0) is 19.3. The lowest BCUT2D eigenvalue weighted by atomic mass is 10.0. The van der Waals surface area contributed by atoms with Crippen molar-refractivity contribution in [3.05, 3.63) is 64.3 Å². The second-order valence-corrected chi connectivity index (χ2v) is 6.84. The van der Waals surface area contributed by atoms with Crippen LogP contribution in [0.3, 0.4) is 0 Å². The van der Waals surface area contributed by atoms with Crippen molar-refractivity contribution in [2.45, 2.75) is 38.7 Å². The molecule has 0 bridgehead atoms. The zero-order valence-corrected chi connectivity index (χ0v) is 16.0. The van der Waals surface area contributed by atoms with Gasteiger partial charge in [0.15, 0.2) is 11.9 Å². The molecule has 0 amide bonds. The van der Waals surface area contributed by atoms with Gasteiger partial charge in [-0.3, -0.25) is 9.59 Å². The van der Waals surface area contributed by atoms with E-state index < -0.39 is 12.1 Å². The summed E-state index contributed by atoms with van der Waals surface area (Å²) in [4.78, 5) is 40.0. The highest BCUT2D eigenvalue weighted by molar-refractivity contribution is 8.02. The first kappa shape index (κ1) is 19.7. The minimum absolute atomic E-state index is 0.110. The molecule has 0 saturated carbocycles. The number of ketones is 2. The Balaban J connectivity index is 1.99. The predicted molar refractivity (Wildman–Crippen MR) is 102 cm³/mol. The van der Waals surface area contributed by atoms with Crippen LogP contribution >= 0.6 is 11.8 Å². The van der Waals surface area contributed by atoms with E-state index in [0.29, 0.717) is 22.5 Å². The molecule has 1 aromatic heterocycles. The van der Waals surface area contributed by atoms with Crippen LogP contribution in [0.4, 0.5) is 0 Å². The van der Waals surface area contributed by atoms with Gasteiger partial charge in [0.25, 0.3) is 0 Å². The Labute approximate surface area is 156 Å². The van der Waals surface area contributed by atoms with Gasteiger partial charge < -0.3 is 9.72 Å². The molecule has 0 unspecified atom stereocenters. The number of H-pyrrole nitrogens is 1. The molecular weight excluding hydrogens is 350 g/mol. The highest BCUT2D eigenvalue weighted by atomic mass is 32.2. The third-order valence-corrected chi connectivity index (χ3v) is 4.67. The molecule has 26 heavy (non-hydrogen) atoms. The van der Waals surface area contributed by atoms with Gasteiger partial charge in [0, 0.05) is 22.2 Å². The number of hydrogen-bond donors (Lipinski definition) is 1. The number of rotatable bonds is 7. The lowest BCUT2D eigenvalue weighted by molar-refractivity contribution is -0.140. The van der Waals surface area contributed by atoms with Gasteiger partial charge >= 0.3 is 5.97 Å². The van der Waals surface area contributed by atoms with E-state index in [1.54, 1.807) is 19.3 Å². The minimum Gasteiger partial charge on any atom is -0.451 e. The number of ether oxygens (including phenoxy) is 1. The van der Waals surface area contributed by atoms with Crippen LogP contribution in [0.2, 0.25) is 0 Å². The van der Waals surface area contributed by atoms with Gasteiger partial charge in [-0.25, -0.2) is 4.79 Å². The van der Waals surface area contributed by atoms with Crippen molar-refractivity contribution < 1.29 is 19.1 Å². The summed E-state index contributed by atoms with van der Waals surface area (Å²) in [5.41, 5.74) is 2.02. The Bertz CT molecular complexity index is 852. The number of benzene rings is 1. The van der Waals surface area contributed by atoms with Crippen LogP contribution in [0.15, 0.2) is 46.7 Å². The molecule has 1 N–H and O–H groups in total. The van der Waals surface area contributed by atoms with E-state index in [4.69, 9.17) is 4.74 Å². The lowest BCUT2D eigenvalue weighted by Gasteiger charge is -2.10. The van der Waals surface area contributed by atoms with Crippen LogP contribution in [0, 0.1) is 13.8 Å². The summed E-state index contributed by atoms with van der Waals surface area (Å²) >= 11 is 1.38. The first-order valence-corrected chi connectivity index (χ1v) is 9.02. The number of hydrogen-bond acceptors (Lipinski definition) is 5. The Kier molecular flexibility index (Phi) is 6.58. The molecule has 1 heterocycles. The molecule has 6 heteroatoms. The third-order valence-electron chi connectivity index (χ3n) is 3.85. The van der Waals surface area contributed by atoms with E-state index in [-0.39, 0.29) is 11.6 Å². The average Bonchev–Trinajstić information content (AvgIpc) is 2.89. The monoisotopic (exact) mass is 371 g/mol. The summed E-state index contributed by atoms with van der Waals surface area (Å²) in [5, 5.41) is 1.62. The number of aromatic nitrogens is 1. The van der Waals surface area contributed by atoms with Crippen LogP contribution in [0.1, 0.15) is 46.0 Å². The number of carbonyl (C=O) groups excluding carboxylic acids is 3. The first-order chi connectivity index (χ1) is 12.3. The number of thioether (sulfide) groups is 1. The minimum atomic E-state index is -0.953. The van der Waals surface area contributed by atoms with E-state index in [1.807, 2.05) is 30.3 Å². The maximum atomic E-state index is 12.5. The van der Waals surface area contributed by atoms with E-state index in [9.17, 15) is 14.4 Å². The molecule has 1 aromatic carbocycles. The molecule has 0 aliphatic heterocycles. The largest absolute Gasteiger partial charge is 0.451 e. The van der Waals surface area contributed by atoms with Gasteiger partial charge in [0.1, 0.15) is 0 Å². The highest BCUT2D eigenvalue weighted by Crippen LogP contribution is 2.21. The topological polar surface area (TPSA) is 76.2 Å². The highest BCUT2D eigenvalue weighted by Gasteiger charge is 2.25. The van der Waals surface area contributed by atoms with Gasteiger partial charge in [-0.2, -0.15) is 0 Å². The number of nitrogens with one attached hydrogen (secondary N) is 1. The molecule has 0 spiro atoms. The van der Waals surface area contributed by atoms with Crippen LogP contribution < -0.4 is 0 Å². The van der Waals surface area contributed by atoms with Crippen LogP contribution in [-0.4, -0.2) is 28.6 Å². The van der Waals surface area contributed by atoms with Crippen molar-refractivity contribution in [2.75, 3.05) is 0 Å². The summed E-state index contributed by atoms with van der Waals surface area (Å²) in [5.74, 6) is -1.07. The standard InChI is InChI=1S/C20H21NO4S/c1-12-18(14(3)22)13(2)21-19(12)20(24)15(4)25-17(23)10-11-26-16-8-6-5-7-9-16/h5-11,15,21H,1-4H3/b11-10+/t15-/m1/s1. The maximum Gasteiger partial charge on any atom is 0.331 e. The van der Waals surface area contributed by atoms with Gasteiger partial charge in [0.2, 0.25) is 5.78 Å². The van der Waals surface area contributed by atoms with Gasteiger partial charge in [-0.15, -0.1) is 0 Å². The summed E-state index contributed by atoms with van der Waals surface area (Å²) in [6, 6.07) is 9.58. The molecule has 136 valence electrons. The molecule has 0 saturated heterocycles. The number of carbonyl (C=O) groups is 3. The smallest absolute Gasteiger partial charge is 0.331 e. The molecule has 5 nitrogen and oxygen atoms in total. The summed E-state index contributed by atoms with van der Waals surface area (Å²) in [6.45, 7) is 6.41. The van der Waals surface area contributed by atoms with Gasteiger partial charge in [0.05, 0.1) is 5.69 Å². The van der Waals surface area contributed by atoms with E-state index in [1.165, 1.54) is 31.7 Å². The third kappa shape index (κ3) is 4.73. The van der Waals surface area contributed by atoms with Crippen LogP contribution in [0.5, 0.6) is 0 Å². The van der Waals surface area contributed by atoms with E-state index in [0.717, 1.165) is 4.90 Å². The predicted octanol–water partition coefficient (Wildman–Crippen LogP) is 4.25. The second-order valence-electron chi connectivity index (χ2n) is 5.86. The summed E-state index contributed by atoms with van der Waals surface area (Å²) < 4.78 is 5.18. The Morgan fingerprint density at radius 3 is 2.38 bits per heavy atom.